The van der Waals surface area contributed by atoms with Crippen LogP contribution in [0.15, 0.2) is 67.0 Å². The quantitative estimate of drug-likeness (QED) is 0.423. The number of benzene rings is 2. The number of carbonyl (C=O) groups excluding carboxylic acids is 1. The van der Waals surface area contributed by atoms with Crippen LogP contribution < -0.4 is 5.32 Å². The van der Waals surface area contributed by atoms with Gasteiger partial charge in [0.2, 0.25) is 0 Å². The van der Waals surface area contributed by atoms with Gasteiger partial charge in [-0.05, 0) is 37.8 Å². The van der Waals surface area contributed by atoms with Crippen molar-refractivity contribution < 1.29 is 4.79 Å². The molecule has 0 saturated carbocycles. The van der Waals surface area contributed by atoms with Crippen LogP contribution in [-0.4, -0.2) is 32.4 Å². The zero-order chi connectivity index (χ0) is 21.6. The molecule has 2 aromatic heterocycles. The number of H-pyrrole nitrogens is 1. The number of aryl methyl sites for hydroxylation is 3. The molecule has 0 radical (unpaired) electrons. The second-order valence-electron chi connectivity index (χ2n) is 7.82. The first kappa shape index (κ1) is 20.6. The number of nitrogens with zero attached hydrogens (tertiary/aromatic N) is 3. The van der Waals surface area contributed by atoms with Gasteiger partial charge in [0.15, 0.2) is 0 Å². The average molecular weight is 414 g/mol. The minimum atomic E-state index is -0.0983. The van der Waals surface area contributed by atoms with Crippen LogP contribution in [0.2, 0.25) is 0 Å². The fraction of sp³-hybridized carbons (Fsp3) is 0.240. The van der Waals surface area contributed by atoms with Crippen molar-refractivity contribution in [2.75, 3.05) is 6.54 Å². The lowest BCUT2D eigenvalue weighted by Gasteiger charge is -2.06. The summed E-state index contributed by atoms with van der Waals surface area (Å²) >= 11 is 0. The molecular formula is C25H27N5O. The van der Waals surface area contributed by atoms with E-state index in [2.05, 4.69) is 27.6 Å². The molecule has 0 saturated heterocycles. The SMILES string of the molecule is Cc1ccc(-c2nn(Cc3ccccc3)cc2C(=O)NCCCc2cn[nH]c2C)cc1. The molecule has 31 heavy (non-hydrogen) atoms. The van der Waals surface area contributed by atoms with E-state index in [1.807, 2.05) is 73.4 Å². The molecule has 2 heterocycles. The molecule has 6 nitrogen and oxygen atoms in total. The van der Waals surface area contributed by atoms with E-state index < -0.39 is 0 Å². The molecule has 0 fully saturated rings. The Hall–Kier alpha value is -3.67. The van der Waals surface area contributed by atoms with Crippen molar-refractivity contribution in [2.45, 2.75) is 33.2 Å². The molecule has 0 spiro atoms. The number of rotatable bonds is 8. The van der Waals surface area contributed by atoms with E-state index >= 15 is 0 Å². The van der Waals surface area contributed by atoms with Crippen LogP contribution in [0.25, 0.3) is 11.3 Å². The van der Waals surface area contributed by atoms with Gasteiger partial charge in [-0.3, -0.25) is 14.6 Å². The maximum atomic E-state index is 13.0. The summed E-state index contributed by atoms with van der Waals surface area (Å²) in [6.07, 6.45) is 5.42. The Morgan fingerprint density at radius 3 is 2.55 bits per heavy atom. The number of hydrogen-bond acceptors (Lipinski definition) is 3. The first-order valence-electron chi connectivity index (χ1n) is 10.6. The van der Waals surface area contributed by atoms with Gasteiger partial charge in [0, 0.05) is 24.0 Å². The third kappa shape index (κ3) is 5.09. The maximum absolute atomic E-state index is 13.0. The van der Waals surface area contributed by atoms with Crippen LogP contribution in [0, 0.1) is 13.8 Å². The predicted molar refractivity (Wildman–Crippen MR) is 122 cm³/mol. The van der Waals surface area contributed by atoms with Gasteiger partial charge in [-0.15, -0.1) is 0 Å². The van der Waals surface area contributed by atoms with Gasteiger partial charge in [-0.25, -0.2) is 0 Å². The van der Waals surface area contributed by atoms with Gasteiger partial charge in [-0.2, -0.15) is 10.2 Å². The molecule has 0 atom stereocenters. The molecule has 2 aromatic carbocycles. The highest BCUT2D eigenvalue weighted by Gasteiger charge is 2.18. The third-order valence-corrected chi connectivity index (χ3v) is 5.36. The fourth-order valence-electron chi connectivity index (χ4n) is 3.57. The Kier molecular flexibility index (Phi) is 6.26. The topological polar surface area (TPSA) is 75.6 Å². The van der Waals surface area contributed by atoms with E-state index in [9.17, 15) is 4.79 Å². The van der Waals surface area contributed by atoms with Gasteiger partial charge in [0.25, 0.3) is 5.91 Å². The summed E-state index contributed by atoms with van der Waals surface area (Å²) < 4.78 is 1.84. The Morgan fingerprint density at radius 2 is 1.84 bits per heavy atom. The van der Waals surface area contributed by atoms with Crippen LogP contribution in [0.4, 0.5) is 0 Å². The Bertz CT molecular complexity index is 1140. The van der Waals surface area contributed by atoms with Crippen LogP contribution in [0.5, 0.6) is 0 Å². The standard InChI is InChI=1S/C25H27N5O/c1-18-10-12-21(13-11-18)24-23(17-30(29-24)16-20-7-4-3-5-8-20)25(31)26-14-6-9-22-15-27-28-19(22)2/h3-5,7-8,10-13,15,17H,6,9,14,16H2,1-2H3,(H,26,31)(H,27,28). The first-order valence-corrected chi connectivity index (χ1v) is 10.6. The molecule has 4 rings (SSSR count). The highest BCUT2D eigenvalue weighted by Crippen LogP contribution is 2.23. The summed E-state index contributed by atoms with van der Waals surface area (Å²) in [5, 5.41) is 14.8. The van der Waals surface area contributed by atoms with Crippen molar-refractivity contribution in [1.82, 2.24) is 25.3 Å². The molecule has 2 N–H and O–H groups in total. The average Bonchev–Trinajstić information content (AvgIpc) is 3.38. The van der Waals surface area contributed by atoms with Crippen LogP contribution in [0.1, 0.15) is 39.2 Å². The second kappa shape index (κ2) is 9.43. The summed E-state index contributed by atoms with van der Waals surface area (Å²) in [7, 11) is 0. The van der Waals surface area contributed by atoms with Crippen molar-refractivity contribution in [3.05, 3.63) is 94.9 Å². The minimum Gasteiger partial charge on any atom is -0.352 e. The monoisotopic (exact) mass is 413 g/mol. The van der Waals surface area contributed by atoms with Gasteiger partial charge in [0.1, 0.15) is 5.69 Å². The van der Waals surface area contributed by atoms with Gasteiger partial charge < -0.3 is 5.32 Å². The van der Waals surface area contributed by atoms with Gasteiger partial charge >= 0.3 is 0 Å². The minimum absolute atomic E-state index is 0.0983. The number of aromatic amines is 1. The van der Waals surface area contributed by atoms with E-state index in [-0.39, 0.29) is 5.91 Å². The lowest BCUT2D eigenvalue weighted by molar-refractivity contribution is 0.0953. The lowest BCUT2D eigenvalue weighted by Crippen LogP contribution is -2.25. The van der Waals surface area contributed by atoms with E-state index in [0.717, 1.165) is 29.7 Å². The van der Waals surface area contributed by atoms with E-state index in [1.54, 1.807) is 0 Å². The molecular weight excluding hydrogens is 386 g/mol. The third-order valence-electron chi connectivity index (χ3n) is 5.36. The molecule has 4 aromatic rings. The summed E-state index contributed by atoms with van der Waals surface area (Å²) in [6.45, 7) is 5.27. The lowest BCUT2D eigenvalue weighted by atomic mass is 10.1. The Morgan fingerprint density at radius 1 is 1.06 bits per heavy atom. The summed E-state index contributed by atoms with van der Waals surface area (Å²) in [4.78, 5) is 13.0. The summed E-state index contributed by atoms with van der Waals surface area (Å²) in [5.74, 6) is -0.0983. The van der Waals surface area contributed by atoms with Gasteiger partial charge in [-0.1, -0.05) is 60.2 Å². The van der Waals surface area contributed by atoms with E-state index in [1.165, 1.54) is 11.1 Å². The van der Waals surface area contributed by atoms with Gasteiger partial charge in [0.05, 0.1) is 18.3 Å². The summed E-state index contributed by atoms with van der Waals surface area (Å²) in [5.41, 5.74) is 6.83. The Labute approximate surface area is 182 Å². The number of aromatic nitrogens is 4. The zero-order valence-corrected chi connectivity index (χ0v) is 17.9. The molecule has 6 heteroatoms. The molecule has 0 unspecified atom stereocenters. The van der Waals surface area contributed by atoms with Crippen LogP contribution in [-0.2, 0) is 13.0 Å². The number of hydrogen-bond donors (Lipinski definition) is 2. The number of carbonyl (C=O) groups is 1. The summed E-state index contributed by atoms with van der Waals surface area (Å²) in [6, 6.07) is 18.3. The predicted octanol–water partition coefficient (Wildman–Crippen LogP) is 4.30. The Balaban J connectivity index is 1.50. The van der Waals surface area contributed by atoms with Crippen molar-refractivity contribution in [3.63, 3.8) is 0 Å². The first-order chi connectivity index (χ1) is 15.1. The normalized spacial score (nSPS) is 10.9. The van der Waals surface area contributed by atoms with Crippen molar-refractivity contribution in [2.24, 2.45) is 0 Å². The number of nitrogens with one attached hydrogen (secondary N) is 2. The molecule has 1 amide bonds. The largest absolute Gasteiger partial charge is 0.352 e. The van der Waals surface area contributed by atoms with E-state index in [4.69, 9.17) is 5.10 Å². The van der Waals surface area contributed by atoms with E-state index in [0.29, 0.717) is 24.3 Å². The molecule has 158 valence electrons. The maximum Gasteiger partial charge on any atom is 0.255 e. The number of amides is 1. The van der Waals surface area contributed by atoms with Crippen molar-refractivity contribution in [3.8, 4) is 11.3 Å². The highest BCUT2D eigenvalue weighted by atomic mass is 16.1. The highest BCUT2D eigenvalue weighted by molar-refractivity contribution is 5.99. The fourth-order valence-corrected chi connectivity index (χ4v) is 3.57. The van der Waals surface area contributed by atoms with Crippen molar-refractivity contribution in [1.29, 1.82) is 0 Å². The molecule has 0 aliphatic rings. The smallest absolute Gasteiger partial charge is 0.255 e. The van der Waals surface area contributed by atoms with Crippen molar-refractivity contribution >= 4 is 5.91 Å². The van der Waals surface area contributed by atoms with Crippen LogP contribution >= 0.6 is 0 Å². The second-order valence-corrected chi connectivity index (χ2v) is 7.82. The molecule has 0 aliphatic heterocycles. The molecule has 0 bridgehead atoms. The zero-order valence-electron chi connectivity index (χ0n) is 17.9. The van der Waals surface area contributed by atoms with Crippen LogP contribution in [0.3, 0.4) is 0 Å². The molecule has 0 aliphatic carbocycles.